The third-order valence-electron chi connectivity index (χ3n) is 3.88. The molecule has 21 heavy (non-hydrogen) atoms. The molecule has 0 spiro atoms. The van der Waals surface area contributed by atoms with Gasteiger partial charge in [0, 0.05) is 44.1 Å². The van der Waals surface area contributed by atoms with Crippen LogP contribution in [0.4, 0.5) is 5.13 Å². The van der Waals surface area contributed by atoms with Crippen LogP contribution in [-0.4, -0.2) is 38.3 Å². The van der Waals surface area contributed by atoms with Crippen LogP contribution in [0.15, 0.2) is 0 Å². The number of thiazole rings is 1. The van der Waals surface area contributed by atoms with Crippen molar-refractivity contribution in [3.05, 3.63) is 10.6 Å². The Labute approximate surface area is 132 Å². The Kier molecular flexibility index (Phi) is 6.93. The Morgan fingerprint density at radius 3 is 2.81 bits per heavy atom. The van der Waals surface area contributed by atoms with E-state index >= 15 is 0 Å². The first-order chi connectivity index (χ1) is 10.3. The van der Waals surface area contributed by atoms with Crippen molar-refractivity contribution >= 4 is 16.5 Å². The van der Waals surface area contributed by atoms with E-state index in [9.17, 15) is 0 Å². The summed E-state index contributed by atoms with van der Waals surface area (Å²) in [7, 11) is 1.75. The summed E-state index contributed by atoms with van der Waals surface area (Å²) >= 11 is 1.88. The highest BCUT2D eigenvalue weighted by atomic mass is 32.1. The van der Waals surface area contributed by atoms with Gasteiger partial charge in [-0.2, -0.15) is 0 Å². The summed E-state index contributed by atoms with van der Waals surface area (Å²) in [5, 5.41) is 4.68. The van der Waals surface area contributed by atoms with Crippen LogP contribution in [-0.2, 0) is 11.3 Å². The van der Waals surface area contributed by atoms with Crippen molar-refractivity contribution in [2.75, 3.05) is 38.3 Å². The number of aromatic nitrogens is 1. The Balaban J connectivity index is 2.01. The number of unbranched alkanes of at least 4 members (excludes halogenated alkanes) is 1. The smallest absolute Gasteiger partial charge is 0.185 e. The van der Waals surface area contributed by atoms with Gasteiger partial charge < -0.3 is 15.0 Å². The van der Waals surface area contributed by atoms with Gasteiger partial charge in [0.25, 0.3) is 0 Å². The molecule has 1 aromatic heterocycles. The molecule has 1 aliphatic rings. The van der Waals surface area contributed by atoms with Crippen LogP contribution in [0.5, 0.6) is 0 Å². The average Bonchev–Trinajstić information content (AvgIpc) is 3.26. The lowest BCUT2D eigenvalue weighted by Crippen LogP contribution is -2.23. The van der Waals surface area contributed by atoms with Crippen molar-refractivity contribution in [1.82, 2.24) is 10.3 Å². The molecule has 5 heteroatoms. The molecule has 1 fully saturated rings. The number of nitrogens with one attached hydrogen (secondary N) is 1. The van der Waals surface area contributed by atoms with Crippen LogP contribution in [0.1, 0.15) is 56.0 Å². The maximum Gasteiger partial charge on any atom is 0.185 e. The van der Waals surface area contributed by atoms with Gasteiger partial charge in [0.2, 0.25) is 0 Å². The van der Waals surface area contributed by atoms with E-state index in [1.165, 1.54) is 41.4 Å². The molecule has 1 saturated carbocycles. The molecular weight excluding hydrogens is 282 g/mol. The molecule has 0 aromatic carbocycles. The summed E-state index contributed by atoms with van der Waals surface area (Å²) < 4.78 is 5.09. The van der Waals surface area contributed by atoms with Crippen LogP contribution < -0.4 is 10.2 Å². The lowest BCUT2D eigenvalue weighted by molar-refractivity contribution is 0.199. The molecule has 1 aliphatic carbocycles. The van der Waals surface area contributed by atoms with Gasteiger partial charge in [0.15, 0.2) is 5.13 Å². The SMILES string of the molecule is CCCCN(CC)c1nc(C2CC2)c(CNCCOC)s1. The first kappa shape index (κ1) is 16.7. The van der Waals surface area contributed by atoms with Gasteiger partial charge in [0.1, 0.15) is 0 Å². The summed E-state index contributed by atoms with van der Waals surface area (Å²) in [6.45, 7) is 9.25. The van der Waals surface area contributed by atoms with Gasteiger partial charge in [-0.25, -0.2) is 4.98 Å². The fourth-order valence-corrected chi connectivity index (χ4v) is 3.61. The van der Waals surface area contributed by atoms with Gasteiger partial charge in [-0.3, -0.25) is 0 Å². The second kappa shape index (κ2) is 8.71. The van der Waals surface area contributed by atoms with Gasteiger partial charge in [-0.05, 0) is 26.2 Å². The zero-order valence-electron chi connectivity index (χ0n) is 13.7. The number of hydrogen-bond donors (Lipinski definition) is 1. The van der Waals surface area contributed by atoms with E-state index in [-0.39, 0.29) is 0 Å². The third-order valence-corrected chi connectivity index (χ3v) is 5.01. The fourth-order valence-electron chi connectivity index (χ4n) is 2.40. The standard InChI is InChI=1S/C16H29N3OS/c1-4-6-10-19(5-2)16-18-15(13-7-8-13)14(21-16)12-17-9-11-20-3/h13,17H,4-12H2,1-3H3. The lowest BCUT2D eigenvalue weighted by Gasteiger charge is -2.19. The molecule has 0 aliphatic heterocycles. The highest BCUT2D eigenvalue weighted by Crippen LogP contribution is 2.44. The Bertz CT molecular complexity index is 418. The van der Waals surface area contributed by atoms with Crippen LogP contribution in [0, 0.1) is 0 Å². The second-order valence-corrected chi connectivity index (χ2v) is 6.74. The number of nitrogens with zero attached hydrogens (tertiary/aromatic N) is 2. The minimum Gasteiger partial charge on any atom is -0.383 e. The highest BCUT2D eigenvalue weighted by molar-refractivity contribution is 7.15. The van der Waals surface area contributed by atoms with E-state index in [0.29, 0.717) is 0 Å². The van der Waals surface area contributed by atoms with Crippen molar-refractivity contribution in [3.63, 3.8) is 0 Å². The molecule has 0 bridgehead atoms. The van der Waals surface area contributed by atoms with E-state index < -0.39 is 0 Å². The molecule has 0 radical (unpaired) electrons. The Morgan fingerprint density at radius 1 is 1.38 bits per heavy atom. The molecule has 0 amide bonds. The minimum atomic E-state index is 0.721. The second-order valence-electron chi connectivity index (χ2n) is 5.68. The number of ether oxygens (including phenoxy) is 1. The normalized spacial score (nSPS) is 14.6. The topological polar surface area (TPSA) is 37.4 Å². The molecule has 1 aromatic rings. The van der Waals surface area contributed by atoms with Crippen molar-refractivity contribution in [1.29, 1.82) is 0 Å². The molecule has 0 atom stereocenters. The van der Waals surface area contributed by atoms with Gasteiger partial charge in [-0.1, -0.05) is 13.3 Å². The number of rotatable bonds is 11. The van der Waals surface area contributed by atoms with Crippen molar-refractivity contribution in [2.45, 2.75) is 52.0 Å². The van der Waals surface area contributed by atoms with E-state index in [4.69, 9.17) is 9.72 Å². The van der Waals surface area contributed by atoms with Crippen molar-refractivity contribution in [3.8, 4) is 0 Å². The number of anilines is 1. The van der Waals surface area contributed by atoms with E-state index in [1.54, 1.807) is 7.11 Å². The van der Waals surface area contributed by atoms with E-state index in [0.717, 1.165) is 38.7 Å². The molecule has 1 heterocycles. The Hall–Kier alpha value is -0.650. The quantitative estimate of drug-likeness (QED) is 0.636. The van der Waals surface area contributed by atoms with Crippen LogP contribution in [0.25, 0.3) is 0 Å². The van der Waals surface area contributed by atoms with Crippen LogP contribution in [0.3, 0.4) is 0 Å². The maximum absolute atomic E-state index is 5.09. The zero-order valence-corrected chi connectivity index (χ0v) is 14.5. The summed E-state index contributed by atoms with van der Waals surface area (Å²) in [5.41, 5.74) is 1.36. The number of methoxy groups -OCH3 is 1. The van der Waals surface area contributed by atoms with E-state index in [2.05, 4.69) is 24.1 Å². The maximum atomic E-state index is 5.09. The summed E-state index contributed by atoms with van der Waals surface area (Å²) in [4.78, 5) is 8.83. The lowest BCUT2D eigenvalue weighted by atomic mass is 10.2. The highest BCUT2D eigenvalue weighted by Gasteiger charge is 2.30. The molecule has 0 unspecified atom stereocenters. The van der Waals surface area contributed by atoms with Gasteiger partial charge >= 0.3 is 0 Å². The summed E-state index contributed by atoms with van der Waals surface area (Å²) in [6.07, 6.45) is 5.11. The van der Waals surface area contributed by atoms with Crippen molar-refractivity contribution in [2.24, 2.45) is 0 Å². The average molecular weight is 311 g/mol. The molecule has 0 saturated heterocycles. The predicted molar refractivity (Wildman–Crippen MR) is 90.5 cm³/mol. The van der Waals surface area contributed by atoms with Gasteiger partial charge in [0.05, 0.1) is 12.3 Å². The molecule has 1 N–H and O–H groups in total. The van der Waals surface area contributed by atoms with Gasteiger partial charge in [-0.15, -0.1) is 11.3 Å². The number of hydrogen-bond acceptors (Lipinski definition) is 5. The van der Waals surface area contributed by atoms with Crippen molar-refractivity contribution < 1.29 is 4.74 Å². The molecule has 120 valence electrons. The summed E-state index contributed by atoms with van der Waals surface area (Å²) in [5.74, 6) is 0.721. The third kappa shape index (κ3) is 4.94. The largest absolute Gasteiger partial charge is 0.383 e. The molecular formula is C16H29N3OS. The van der Waals surface area contributed by atoms with Crippen LogP contribution in [0.2, 0.25) is 0 Å². The molecule has 4 nitrogen and oxygen atoms in total. The first-order valence-corrected chi connectivity index (χ1v) is 9.05. The minimum absolute atomic E-state index is 0.721. The predicted octanol–water partition coefficient (Wildman–Crippen LogP) is 3.38. The van der Waals surface area contributed by atoms with E-state index in [1.807, 2.05) is 11.3 Å². The fraction of sp³-hybridized carbons (Fsp3) is 0.812. The first-order valence-electron chi connectivity index (χ1n) is 8.24. The molecule has 2 rings (SSSR count). The van der Waals surface area contributed by atoms with Crippen LogP contribution >= 0.6 is 11.3 Å². The monoisotopic (exact) mass is 311 g/mol. The zero-order chi connectivity index (χ0) is 15.1. The summed E-state index contributed by atoms with van der Waals surface area (Å²) in [6, 6.07) is 0. The Morgan fingerprint density at radius 2 is 2.19 bits per heavy atom.